The Hall–Kier alpha value is -2.41. The smallest absolute Gasteiger partial charge is 0.326 e. The van der Waals surface area contributed by atoms with Gasteiger partial charge in [0.25, 0.3) is 11.6 Å². The Morgan fingerprint density at radius 3 is 2.65 bits per heavy atom. The zero-order valence-electron chi connectivity index (χ0n) is 10.2. The first-order valence-electron chi connectivity index (χ1n) is 5.44. The van der Waals surface area contributed by atoms with E-state index in [4.69, 9.17) is 16.7 Å². The first-order valence-corrected chi connectivity index (χ1v) is 5.82. The average Bonchev–Trinajstić information content (AvgIpc) is 2.37. The Kier molecular flexibility index (Phi) is 5.22. The summed E-state index contributed by atoms with van der Waals surface area (Å²) < 4.78 is 0. The minimum Gasteiger partial charge on any atom is -0.480 e. The molecule has 1 rings (SSSR count). The number of carbonyl (C=O) groups is 2. The highest BCUT2D eigenvalue weighted by molar-refractivity contribution is 6.31. The molecule has 0 aromatic heterocycles. The van der Waals surface area contributed by atoms with E-state index in [0.717, 1.165) is 12.1 Å². The van der Waals surface area contributed by atoms with Crippen molar-refractivity contribution in [2.45, 2.75) is 12.5 Å². The van der Waals surface area contributed by atoms with Gasteiger partial charge in [0, 0.05) is 22.7 Å². The Morgan fingerprint density at radius 1 is 1.50 bits per heavy atom. The normalized spacial score (nSPS) is 11.4. The molecule has 106 valence electrons. The number of hydrogen-bond acceptors (Lipinski definition) is 4. The number of rotatable bonds is 6. The third kappa shape index (κ3) is 4.06. The molecule has 7 nitrogen and oxygen atoms in total. The molecule has 1 atom stereocenters. The number of halogens is 1. The SMILES string of the molecule is C=CCC(NC(=O)c1cc(Cl)cc([N+](=O)[O-])c1)C(=O)O. The molecule has 8 heteroatoms. The maximum Gasteiger partial charge on any atom is 0.326 e. The van der Waals surface area contributed by atoms with Crippen LogP contribution in [0.4, 0.5) is 5.69 Å². The molecule has 1 amide bonds. The molecule has 0 saturated carbocycles. The molecule has 0 saturated heterocycles. The molecule has 1 aromatic carbocycles. The van der Waals surface area contributed by atoms with Crippen LogP contribution in [0.25, 0.3) is 0 Å². The Balaban J connectivity index is 2.99. The highest BCUT2D eigenvalue weighted by Crippen LogP contribution is 2.21. The van der Waals surface area contributed by atoms with Crippen LogP contribution in [0.15, 0.2) is 30.9 Å². The van der Waals surface area contributed by atoms with Crippen molar-refractivity contribution in [3.63, 3.8) is 0 Å². The minimum absolute atomic E-state index is 0.0138. The maximum absolute atomic E-state index is 11.9. The van der Waals surface area contributed by atoms with Gasteiger partial charge in [0.15, 0.2) is 0 Å². The van der Waals surface area contributed by atoms with E-state index in [0.29, 0.717) is 0 Å². The topological polar surface area (TPSA) is 110 Å². The summed E-state index contributed by atoms with van der Waals surface area (Å²) in [5.41, 5.74) is -0.433. The van der Waals surface area contributed by atoms with E-state index in [1.165, 1.54) is 12.1 Å². The Bertz CT molecular complexity index is 573. The molecular formula is C12H11ClN2O5. The van der Waals surface area contributed by atoms with Crippen molar-refractivity contribution in [3.05, 3.63) is 51.6 Å². The number of carboxylic acids is 1. The summed E-state index contributed by atoms with van der Waals surface area (Å²) in [6, 6.07) is 2.18. The van der Waals surface area contributed by atoms with E-state index in [1.54, 1.807) is 0 Å². The first kappa shape index (κ1) is 15.6. The van der Waals surface area contributed by atoms with Crippen molar-refractivity contribution >= 4 is 29.2 Å². The van der Waals surface area contributed by atoms with Crippen molar-refractivity contribution in [2.24, 2.45) is 0 Å². The molecule has 0 aliphatic rings. The van der Waals surface area contributed by atoms with Crippen LogP contribution < -0.4 is 5.32 Å². The van der Waals surface area contributed by atoms with Crippen molar-refractivity contribution in [1.29, 1.82) is 0 Å². The number of hydrogen-bond donors (Lipinski definition) is 2. The number of nitro groups is 1. The summed E-state index contributed by atoms with van der Waals surface area (Å²) in [5.74, 6) is -1.99. The highest BCUT2D eigenvalue weighted by atomic mass is 35.5. The van der Waals surface area contributed by atoms with Crippen LogP contribution in [0, 0.1) is 10.1 Å². The standard InChI is InChI=1S/C12H11ClN2O5/c1-2-3-10(12(17)18)14-11(16)7-4-8(13)6-9(5-7)15(19)20/h2,4-6,10H,1,3H2,(H,14,16)(H,17,18). The summed E-state index contributed by atoms with van der Waals surface area (Å²) in [5, 5.41) is 21.8. The summed E-state index contributed by atoms with van der Waals surface area (Å²) >= 11 is 5.68. The molecule has 1 unspecified atom stereocenters. The van der Waals surface area contributed by atoms with E-state index >= 15 is 0 Å². The number of carboxylic acid groups (broad SMARTS) is 1. The predicted molar refractivity (Wildman–Crippen MR) is 71.8 cm³/mol. The molecule has 0 heterocycles. The first-order chi connectivity index (χ1) is 9.35. The molecule has 0 bridgehead atoms. The van der Waals surface area contributed by atoms with E-state index in [2.05, 4.69) is 11.9 Å². The number of amides is 1. The van der Waals surface area contributed by atoms with Gasteiger partial charge in [-0.2, -0.15) is 0 Å². The van der Waals surface area contributed by atoms with Gasteiger partial charge in [0.2, 0.25) is 0 Å². The summed E-state index contributed by atoms with van der Waals surface area (Å²) in [7, 11) is 0. The third-order valence-corrected chi connectivity index (χ3v) is 2.58. The largest absolute Gasteiger partial charge is 0.480 e. The van der Waals surface area contributed by atoms with Gasteiger partial charge in [0.05, 0.1) is 4.92 Å². The molecule has 0 fully saturated rings. The predicted octanol–water partition coefficient (Wildman–Crippen LogP) is 2.01. The molecule has 0 aliphatic heterocycles. The van der Waals surface area contributed by atoms with E-state index in [-0.39, 0.29) is 22.7 Å². The van der Waals surface area contributed by atoms with Gasteiger partial charge in [-0.25, -0.2) is 4.79 Å². The zero-order valence-corrected chi connectivity index (χ0v) is 11.0. The second-order valence-electron chi connectivity index (χ2n) is 3.84. The van der Waals surface area contributed by atoms with Crippen LogP contribution in [0.3, 0.4) is 0 Å². The molecule has 1 aromatic rings. The zero-order chi connectivity index (χ0) is 15.3. The molecule has 2 N–H and O–H groups in total. The molecule has 0 aliphatic carbocycles. The quantitative estimate of drug-likeness (QED) is 0.474. The fraction of sp³-hybridized carbons (Fsp3) is 0.167. The summed E-state index contributed by atoms with van der Waals surface area (Å²) in [4.78, 5) is 32.7. The number of nitro benzene ring substituents is 1. The molecule has 20 heavy (non-hydrogen) atoms. The van der Waals surface area contributed by atoms with E-state index in [9.17, 15) is 19.7 Å². The van der Waals surface area contributed by atoms with Crippen molar-refractivity contribution < 1.29 is 19.6 Å². The molecule has 0 radical (unpaired) electrons. The number of nitrogens with one attached hydrogen (secondary N) is 1. The van der Waals surface area contributed by atoms with E-state index < -0.39 is 22.8 Å². The maximum atomic E-state index is 11.9. The Labute approximate surface area is 119 Å². The number of carbonyl (C=O) groups excluding carboxylic acids is 1. The van der Waals surface area contributed by atoms with Crippen molar-refractivity contribution in [2.75, 3.05) is 0 Å². The fourth-order valence-corrected chi connectivity index (χ4v) is 1.67. The Morgan fingerprint density at radius 2 is 2.15 bits per heavy atom. The van der Waals surface area contributed by atoms with Gasteiger partial charge in [-0.05, 0) is 12.5 Å². The number of nitrogens with zero attached hydrogens (tertiary/aromatic N) is 1. The van der Waals surface area contributed by atoms with Crippen LogP contribution in [0.1, 0.15) is 16.8 Å². The van der Waals surface area contributed by atoms with Crippen LogP contribution >= 0.6 is 11.6 Å². The molecule has 0 spiro atoms. The second-order valence-corrected chi connectivity index (χ2v) is 4.28. The van der Waals surface area contributed by atoms with Gasteiger partial charge < -0.3 is 10.4 Å². The van der Waals surface area contributed by atoms with Crippen molar-refractivity contribution in [1.82, 2.24) is 5.32 Å². The highest BCUT2D eigenvalue weighted by Gasteiger charge is 2.21. The van der Waals surface area contributed by atoms with Crippen LogP contribution in [-0.2, 0) is 4.79 Å². The number of aliphatic carboxylic acids is 1. The third-order valence-electron chi connectivity index (χ3n) is 2.36. The summed E-state index contributed by atoms with van der Waals surface area (Å²) in [6.07, 6.45) is 1.38. The lowest BCUT2D eigenvalue weighted by molar-refractivity contribution is -0.384. The van der Waals surface area contributed by atoms with Gasteiger partial charge in [0.1, 0.15) is 6.04 Å². The van der Waals surface area contributed by atoms with Gasteiger partial charge in [-0.3, -0.25) is 14.9 Å². The minimum atomic E-state index is -1.23. The number of non-ortho nitro benzene ring substituents is 1. The lowest BCUT2D eigenvalue weighted by atomic mass is 10.1. The fourth-order valence-electron chi connectivity index (χ4n) is 1.44. The second kappa shape index (κ2) is 6.67. The van der Waals surface area contributed by atoms with Gasteiger partial charge >= 0.3 is 5.97 Å². The van der Waals surface area contributed by atoms with Gasteiger partial charge in [-0.1, -0.05) is 17.7 Å². The van der Waals surface area contributed by atoms with Gasteiger partial charge in [-0.15, -0.1) is 6.58 Å². The number of benzene rings is 1. The van der Waals surface area contributed by atoms with Crippen LogP contribution in [0.2, 0.25) is 5.02 Å². The van der Waals surface area contributed by atoms with Crippen LogP contribution in [0.5, 0.6) is 0 Å². The monoisotopic (exact) mass is 298 g/mol. The summed E-state index contributed by atoms with van der Waals surface area (Å²) in [6.45, 7) is 3.39. The van der Waals surface area contributed by atoms with Crippen molar-refractivity contribution in [3.8, 4) is 0 Å². The average molecular weight is 299 g/mol. The van der Waals surface area contributed by atoms with E-state index in [1.807, 2.05) is 0 Å². The lowest BCUT2D eigenvalue weighted by Gasteiger charge is -2.12. The molecular weight excluding hydrogens is 288 g/mol. The lowest BCUT2D eigenvalue weighted by Crippen LogP contribution is -2.40. The van der Waals surface area contributed by atoms with Crippen LogP contribution in [-0.4, -0.2) is 27.9 Å².